The average molecular weight is 190 g/mol. The van der Waals surface area contributed by atoms with E-state index in [-0.39, 0.29) is 0 Å². The topological polar surface area (TPSA) is 0 Å². The highest BCUT2D eigenvalue weighted by molar-refractivity contribution is 7.13. The van der Waals surface area contributed by atoms with Crippen LogP contribution in [-0.4, -0.2) is 0 Å². The van der Waals surface area contributed by atoms with E-state index in [0.717, 1.165) is 5.57 Å². The summed E-state index contributed by atoms with van der Waals surface area (Å²) in [6.45, 7) is 8.11. The van der Waals surface area contributed by atoms with Gasteiger partial charge in [-0.1, -0.05) is 30.9 Å². The predicted octanol–water partition coefficient (Wildman–Crippen LogP) is 4.20. The molecule has 0 saturated heterocycles. The molecule has 13 heavy (non-hydrogen) atoms. The van der Waals surface area contributed by atoms with Gasteiger partial charge in [-0.3, -0.25) is 0 Å². The summed E-state index contributed by atoms with van der Waals surface area (Å²) in [5.74, 6) is 0. The highest BCUT2D eigenvalue weighted by atomic mass is 32.1. The number of rotatable bonds is 3. The highest BCUT2D eigenvalue weighted by Crippen LogP contribution is 2.22. The summed E-state index contributed by atoms with van der Waals surface area (Å²) in [6.07, 6.45) is 8.05. The molecule has 1 heteroatoms. The van der Waals surface area contributed by atoms with Gasteiger partial charge in [0.25, 0.3) is 0 Å². The van der Waals surface area contributed by atoms with Crippen molar-refractivity contribution in [2.24, 2.45) is 0 Å². The third kappa shape index (κ3) is 3.03. The van der Waals surface area contributed by atoms with Crippen molar-refractivity contribution in [1.82, 2.24) is 0 Å². The van der Waals surface area contributed by atoms with Crippen molar-refractivity contribution in [2.45, 2.75) is 13.8 Å². The summed E-state index contributed by atoms with van der Waals surface area (Å²) in [5.41, 5.74) is 1.08. The largest absolute Gasteiger partial charge is 0.141 e. The fraction of sp³-hybridized carbons (Fsp3) is 0.167. The van der Waals surface area contributed by atoms with Crippen LogP contribution in [0.1, 0.15) is 16.7 Å². The van der Waals surface area contributed by atoms with Gasteiger partial charge < -0.3 is 0 Å². The van der Waals surface area contributed by atoms with Crippen LogP contribution in [0.15, 0.2) is 43.0 Å². The minimum absolute atomic E-state index is 1.08. The maximum Gasteiger partial charge on any atom is 0.0339 e. The van der Waals surface area contributed by atoms with Crippen LogP contribution in [0.5, 0.6) is 0 Å². The molecular formula is C12H14S. The van der Waals surface area contributed by atoms with Crippen molar-refractivity contribution >= 4 is 16.9 Å². The Hall–Kier alpha value is -1.08. The Morgan fingerprint density at radius 2 is 2.15 bits per heavy atom. The summed E-state index contributed by atoms with van der Waals surface area (Å²) in [7, 11) is 0. The molecule has 0 unspecified atom stereocenters. The van der Waals surface area contributed by atoms with Gasteiger partial charge in [0.2, 0.25) is 0 Å². The van der Waals surface area contributed by atoms with Crippen molar-refractivity contribution in [3.63, 3.8) is 0 Å². The van der Waals surface area contributed by atoms with Gasteiger partial charge in [-0.05, 0) is 31.6 Å². The maximum atomic E-state index is 4.00. The standard InChI is InChI=1S/C12H14S/c1-4-5-6-7-10(2)12-9-8-11(3)13-12/h4-9H,2H2,1,3H3/b5-4-,7-6-. The number of hydrogen-bond acceptors (Lipinski definition) is 1. The smallest absolute Gasteiger partial charge is 0.0339 e. The quantitative estimate of drug-likeness (QED) is 0.626. The number of allylic oxidation sites excluding steroid dienone is 5. The fourth-order valence-electron chi connectivity index (χ4n) is 0.972. The molecule has 0 bridgehead atoms. The van der Waals surface area contributed by atoms with E-state index >= 15 is 0 Å². The van der Waals surface area contributed by atoms with Gasteiger partial charge in [0.1, 0.15) is 0 Å². The lowest BCUT2D eigenvalue weighted by atomic mass is 10.2. The molecule has 0 aromatic carbocycles. The first kappa shape index (κ1) is 10.0. The van der Waals surface area contributed by atoms with Gasteiger partial charge in [0.05, 0.1) is 0 Å². The Labute approximate surface area is 83.9 Å². The molecule has 0 radical (unpaired) electrons. The van der Waals surface area contributed by atoms with E-state index in [9.17, 15) is 0 Å². The second-order valence-corrected chi connectivity index (χ2v) is 4.11. The van der Waals surface area contributed by atoms with Gasteiger partial charge in [-0.25, -0.2) is 0 Å². The molecule has 0 N–H and O–H groups in total. The van der Waals surface area contributed by atoms with Crippen LogP contribution >= 0.6 is 11.3 Å². The van der Waals surface area contributed by atoms with Crippen molar-refractivity contribution < 1.29 is 0 Å². The molecule has 1 heterocycles. The van der Waals surface area contributed by atoms with Crippen LogP contribution < -0.4 is 0 Å². The summed E-state index contributed by atoms with van der Waals surface area (Å²) in [6, 6.07) is 4.23. The second-order valence-electron chi connectivity index (χ2n) is 2.82. The lowest BCUT2D eigenvalue weighted by molar-refractivity contribution is 1.64. The van der Waals surface area contributed by atoms with Gasteiger partial charge in [0.15, 0.2) is 0 Å². The molecule has 0 aliphatic heterocycles. The molecule has 0 aliphatic carbocycles. The van der Waals surface area contributed by atoms with Crippen LogP contribution in [0.3, 0.4) is 0 Å². The van der Waals surface area contributed by atoms with Crippen molar-refractivity contribution in [2.75, 3.05) is 0 Å². The van der Waals surface area contributed by atoms with Crippen LogP contribution in [0, 0.1) is 6.92 Å². The van der Waals surface area contributed by atoms with Gasteiger partial charge in [0, 0.05) is 9.75 Å². The molecule has 0 amide bonds. The Kier molecular flexibility index (Phi) is 3.71. The zero-order valence-corrected chi connectivity index (χ0v) is 8.90. The van der Waals surface area contributed by atoms with Crippen LogP contribution in [0.25, 0.3) is 5.57 Å². The monoisotopic (exact) mass is 190 g/mol. The Morgan fingerprint density at radius 1 is 1.38 bits per heavy atom. The maximum absolute atomic E-state index is 4.00. The van der Waals surface area contributed by atoms with Gasteiger partial charge >= 0.3 is 0 Å². The molecule has 0 atom stereocenters. The predicted molar refractivity (Wildman–Crippen MR) is 62.0 cm³/mol. The molecule has 0 fully saturated rings. The molecule has 0 aliphatic rings. The van der Waals surface area contributed by atoms with E-state index < -0.39 is 0 Å². The number of aryl methyl sites for hydroxylation is 1. The van der Waals surface area contributed by atoms with E-state index in [1.165, 1.54) is 9.75 Å². The molecule has 1 rings (SSSR count). The summed E-state index contributed by atoms with van der Waals surface area (Å²) in [5, 5.41) is 0. The number of thiophene rings is 1. The van der Waals surface area contributed by atoms with E-state index in [1.54, 1.807) is 11.3 Å². The SMILES string of the molecule is C=C(/C=C\C=C/C)c1ccc(C)s1. The minimum Gasteiger partial charge on any atom is -0.141 e. The normalized spacial score (nSPS) is 11.5. The fourth-order valence-corrected chi connectivity index (χ4v) is 1.79. The van der Waals surface area contributed by atoms with Crippen molar-refractivity contribution in [1.29, 1.82) is 0 Å². The first-order valence-corrected chi connectivity index (χ1v) is 5.11. The van der Waals surface area contributed by atoms with Gasteiger partial charge in [-0.15, -0.1) is 11.3 Å². The van der Waals surface area contributed by atoms with Crippen molar-refractivity contribution in [3.8, 4) is 0 Å². The Morgan fingerprint density at radius 3 is 2.69 bits per heavy atom. The van der Waals surface area contributed by atoms with Gasteiger partial charge in [-0.2, -0.15) is 0 Å². The highest BCUT2D eigenvalue weighted by Gasteiger charge is 1.96. The van der Waals surface area contributed by atoms with Crippen LogP contribution in [0.2, 0.25) is 0 Å². The second kappa shape index (κ2) is 4.83. The summed E-state index contributed by atoms with van der Waals surface area (Å²) < 4.78 is 0. The van der Waals surface area contributed by atoms with Crippen LogP contribution in [-0.2, 0) is 0 Å². The lowest BCUT2D eigenvalue weighted by Gasteiger charge is -1.91. The van der Waals surface area contributed by atoms with E-state index in [1.807, 2.05) is 31.2 Å². The summed E-state index contributed by atoms with van der Waals surface area (Å²) in [4.78, 5) is 2.58. The Bertz CT molecular complexity index is 340. The first-order valence-electron chi connectivity index (χ1n) is 4.29. The molecule has 0 saturated carbocycles. The number of hydrogen-bond donors (Lipinski definition) is 0. The zero-order chi connectivity index (χ0) is 9.68. The zero-order valence-electron chi connectivity index (χ0n) is 8.08. The Balaban J connectivity index is 2.69. The molecule has 0 spiro atoms. The van der Waals surface area contributed by atoms with E-state index in [4.69, 9.17) is 0 Å². The minimum atomic E-state index is 1.08. The first-order chi connectivity index (χ1) is 6.24. The molecule has 1 aromatic heterocycles. The molecule has 1 aromatic rings. The molecular weight excluding hydrogens is 176 g/mol. The lowest BCUT2D eigenvalue weighted by Crippen LogP contribution is -1.68. The molecule has 68 valence electrons. The molecule has 0 nitrogen and oxygen atoms in total. The van der Waals surface area contributed by atoms with E-state index in [0.29, 0.717) is 0 Å². The van der Waals surface area contributed by atoms with E-state index in [2.05, 4.69) is 25.6 Å². The summed E-state index contributed by atoms with van der Waals surface area (Å²) >= 11 is 1.78. The average Bonchev–Trinajstić information content (AvgIpc) is 2.52. The van der Waals surface area contributed by atoms with Crippen LogP contribution in [0.4, 0.5) is 0 Å². The third-order valence-corrected chi connectivity index (χ3v) is 2.73. The third-order valence-electron chi connectivity index (χ3n) is 1.66. The van der Waals surface area contributed by atoms with Crippen molar-refractivity contribution in [3.05, 3.63) is 52.8 Å².